The third-order valence-electron chi connectivity index (χ3n) is 6.44. The van der Waals surface area contributed by atoms with Gasteiger partial charge in [-0.3, -0.25) is 4.79 Å². The molecule has 0 unspecified atom stereocenters. The van der Waals surface area contributed by atoms with E-state index in [0.717, 1.165) is 5.56 Å². The molecule has 0 saturated heterocycles. The summed E-state index contributed by atoms with van der Waals surface area (Å²) in [6.07, 6.45) is 0. The van der Waals surface area contributed by atoms with Crippen molar-refractivity contribution in [2.75, 3.05) is 28.4 Å². The summed E-state index contributed by atoms with van der Waals surface area (Å²) in [6.45, 7) is 0.352. The van der Waals surface area contributed by atoms with Crippen LogP contribution in [0, 0.1) is 0 Å². The lowest BCUT2D eigenvalue weighted by atomic mass is 9.98. The van der Waals surface area contributed by atoms with Crippen LogP contribution in [0.15, 0.2) is 94.1 Å². The summed E-state index contributed by atoms with van der Waals surface area (Å²) >= 11 is 0. The van der Waals surface area contributed by atoms with Gasteiger partial charge in [0.25, 0.3) is 0 Å². The van der Waals surface area contributed by atoms with Gasteiger partial charge in [0.2, 0.25) is 5.43 Å². The van der Waals surface area contributed by atoms with Gasteiger partial charge in [-0.15, -0.1) is 0 Å². The third-order valence-corrected chi connectivity index (χ3v) is 6.44. The van der Waals surface area contributed by atoms with Crippen LogP contribution in [-0.2, 0) is 6.61 Å². The van der Waals surface area contributed by atoms with Gasteiger partial charge in [0.1, 0.15) is 23.7 Å². The van der Waals surface area contributed by atoms with Crippen molar-refractivity contribution < 1.29 is 28.1 Å². The number of hydrogen-bond donors (Lipinski definition) is 0. The molecule has 0 fully saturated rings. The molecule has 0 aliphatic heterocycles. The molecule has 0 aliphatic carbocycles. The van der Waals surface area contributed by atoms with E-state index >= 15 is 0 Å². The topological polar surface area (TPSA) is 76.4 Å². The van der Waals surface area contributed by atoms with E-state index in [-0.39, 0.29) is 5.43 Å². The predicted octanol–water partition coefficient (Wildman–Crippen LogP) is 6.74. The molecule has 1 aromatic heterocycles. The maximum Gasteiger partial charge on any atom is 0.201 e. The normalized spacial score (nSPS) is 10.8. The standard InChI is InChI=1S/C32H28O7/c1-34-23-13-10-21(11-14-23)30-31(33)24-17-27(36-3)28(37-4)18-26(24)39-32(30)22-12-15-25(35-2)29(16-22)38-19-20-8-6-5-7-9-20/h5-18H,19H2,1-4H3. The molecule has 0 amide bonds. The van der Waals surface area contributed by atoms with Gasteiger partial charge in [-0.1, -0.05) is 42.5 Å². The van der Waals surface area contributed by atoms with Crippen LogP contribution in [0.25, 0.3) is 33.4 Å². The van der Waals surface area contributed by atoms with Crippen molar-refractivity contribution in [2.24, 2.45) is 0 Å². The zero-order chi connectivity index (χ0) is 27.4. The van der Waals surface area contributed by atoms with Crippen LogP contribution in [0.1, 0.15) is 5.56 Å². The number of rotatable bonds is 9. The summed E-state index contributed by atoms with van der Waals surface area (Å²) in [5.74, 6) is 3.05. The van der Waals surface area contributed by atoms with Crippen LogP contribution in [0.4, 0.5) is 0 Å². The van der Waals surface area contributed by atoms with Gasteiger partial charge < -0.3 is 28.1 Å². The third kappa shape index (κ3) is 5.11. The fourth-order valence-electron chi connectivity index (χ4n) is 4.41. The Kier molecular flexibility index (Phi) is 7.41. The molecule has 1 heterocycles. The average Bonchev–Trinajstić information content (AvgIpc) is 2.99. The van der Waals surface area contributed by atoms with E-state index in [2.05, 4.69) is 0 Å². The van der Waals surface area contributed by atoms with Gasteiger partial charge in [-0.05, 0) is 47.5 Å². The number of benzene rings is 4. The summed E-state index contributed by atoms with van der Waals surface area (Å²) in [4.78, 5) is 14.0. The molecule has 5 aromatic rings. The van der Waals surface area contributed by atoms with Gasteiger partial charge in [-0.2, -0.15) is 0 Å². The summed E-state index contributed by atoms with van der Waals surface area (Å²) in [5.41, 5.74) is 2.91. The van der Waals surface area contributed by atoms with E-state index in [4.69, 9.17) is 28.1 Å². The summed E-state index contributed by atoms with van der Waals surface area (Å²) in [5, 5.41) is 0.372. The number of methoxy groups -OCH3 is 4. The SMILES string of the molecule is COc1ccc(-c2c(-c3ccc(OC)c(OCc4ccccc4)c3)oc3cc(OC)c(OC)cc3c2=O)cc1. The molecule has 5 rings (SSSR count). The second kappa shape index (κ2) is 11.2. The van der Waals surface area contributed by atoms with Crippen molar-refractivity contribution in [3.63, 3.8) is 0 Å². The molecule has 4 aromatic carbocycles. The Morgan fingerprint density at radius 1 is 0.641 bits per heavy atom. The second-order valence-electron chi connectivity index (χ2n) is 8.71. The summed E-state index contributed by atoms with van der Waals surface area (Å²) in [6, 6.07) is 25.9. The van der Waals surface area contributed by atoms with Gasteiger partial charge in [0, 0.05) is 11.6 Å². The van der Waals surface area contributed by atoms with Crippen molar-refractivity contribution in [1.29, 1.82) is 0 Å². The Bertz CT molecular complexity index is 1660. The molecule has 0 spiro atoms. The van der Waals surface area contributed by atoms with Crippen molar-refractivity contribution >= 4 is 11.0 Å². The van der Waals surface area contributed by atoms with E-state index in [0.29, 0.717) is 68.8 Å². The predicted molar refractivity (Wildman–Crippen MR) is 150 cm³/mol. The maximum atomic E-state index is 14.0. The molecule has 7 nitrogen and oxygen atoms in total. The Hall–Kier alpha value is -4.91. The summed E-state index contributed by atoms with van der Waals surface area (Å²) in [7, 11) is 6.24. The highest BCUT2D eigenvalue weighted by Crippen LogP contribution is 2.40. The highest BCUT2D eigenvalue weighted by atomic mass is 16.5. The number of ether oxygens (including phenoxy) is 5. The molecule has 0 bridgehead atoms. The lowest BCUT2D eigenvalue weighted by molar-refractivity contribution is 0.284. The minimum absolute atomic E-state index is 0.208. The number of hydrogen-bond acceptors (Lipinski definition) is 7. The minimum Gasteiger partial charge on any atom is -0.497 e. The number of fused-ring (bicyclic) bond motifs is 1. The van der Waals surface area contributed by atoms with Crippen LogP contribution in [0.2, 0.25) is 0 Å². The molecular weight excluding hydrogens is 496 g/mol. The first-order valence-electron chi connectivity index (χ1n) is 12.3. The quantitative estimate of drug-likeness (QED) is 0.211. The van der Waals surface area contributed by atoms with Crippen LogP contribution >= 0.6 is 0 Å². The monoisotopic (exact) mass is 524 g/mol. The summed E-state index contributed by atoms with van der Waals surface area (Å²) < 4.78 is 34.3. The lowest BCUT2D eigenvalue weighted by Gasteiger charge is -2.15. The molecule has 198 valence electrons. The highest BCUT2D eigenvalue weighted by Gasteiger charge is 2.21. The highest BCUT2D eigenvalue weighted by molar-refractivity contribution is 5.91. The first-order valence-corrected chi connectivity index (χ1v) is 12.3. The van der Waals surface area contributed by atoms with Crippen LogP contribution in [0.3, 0.4) is 0 Å². The van der Waals surface area contributed by atoms with Crippen LogP contribution < -0.4 is 29.1 Å². The van der Waals surface area contributed by atoms with Gasteiger partial charge in [-0.25, -0.2) is 0 Å². The lowest BCUT2D eigenvalue weighted by Crippen LogP contribution is -2.08. The zero-order valence-corrected chi connectivity index (χ0v) is 22.1. The van der Waals surface area contributed by atoms with Crippen molar-refractivity contribution in [1.82, 2.24) is 0 Å². The Labute approximate surface area is 226 Å². The van der Waals surface area contributed by atoms with E-state index in [1.165, 1.54) is 14.2 Å². The fraction of sp³-hybridized carbons (Fsp3) is 0.156. The molecule has 0 atom stereocenters. The van der Waals surface area contributed by atoms with Crippen molar-refractivity contribution in [3.8, 4) is 51.2 Å². The van der Waals surface area contributed by atoms with Crippen LogP contribution in [0.5, 0.6) is 28.7 Å². The van der Waals surface area contributed by atoms with E-state index in [1.54, 1.807) is 44.6 Å². The molecule has 39 heavy (non-hydrogen) atoms. The molecule has 0 radical (unpaired) electrons. The zero-order valence-electron chi connectivity index (χ0n) is 22.1. The maximum absolute atomic E-state index is 14.0. The Morgan fingerprint density at radius 3 is 1.97 bits per heavy atom. The Balaban J connectivity index is 1.71. The average molecular weight is 525 g/mol. The molecule has 0 aliphatic rings. The van der Waals surface area contributed by atoms with E-state index < -0.39 is 0 Å². The van der Waals surface area contributed by atoms with Gasteiger partial charge >= 0.3 is 0 Å². The molecule has 7 heteroatoms. The second-order valence-corrected chi connectivity index (χ2v) is 8.71. The largest absolute Gasteiger partial charge is 0.497 e. The first-order chi connectivity index (χ1) is 19.1. The first kappa shape index (κ1) is 25.7. The van der Waals surface area contributed by atoms with E-state index in [1.807, 2.05) is 54.6 Å². The molecule has 0 N–H and O–H groups in total. The van der Waals surface area contributed by atoms with Gasteiger partial charge in [0.15, 0.2) is 23.0 Å². The van der Waals surface area contributed by atoms with Crippen molar-refractivity contribution in [3.05, 3.63) is 101 Å². The molecule has 0 saturated carbocycles. The molecular formula is C32H28O7. The smallest absolute Gasteiger partial charge is 0.201 e. The van der Waals surface area contributed by atoms with Gasteiger partial charge in [0.05, 0.1) is 39.4 Å². The van der Waals surface area contributed by atoms with Crippen molar-refractivity contribution in [2.45, 2.75) is 6.61 Å². The minimum atomic E-state index is -0.208. The Morgan fingerprint density at radius 2 is 1.31 bits per heavy atom. The fourth-order valence-corrected chi connectivity index (χ4v) is 4.41. The van der Waals surface area contributed by atoms with E-state index in [9.17, 15) is 4.79 Å². The van der Waals surface area contributed by atoms with Crippen LogP contribution in [-0.4, -0.2) is 28.4 Å².